The molecule has 5 nitrogen and oxygen atoms in total. The summed E-state index contributed by atoms with van der Waals surface area (Å²) in [5.41, 5.74) is 0.661. The molecular formula is C27H29BrN2O3. The number of nitrogens with zero attached hydrogens (tertiary/aromatic N) is 2. The molecule has 1 saturated carbocycles. The molecule has 0 radical (unpaired) electrons. The third-order valence-corrected chi connectivity index (χ3v) is 7.76. The van der Waals surface area contributed by atoms with Crippen molar-refractivity contribution in [2.24, 2.45) is 0 Å². The second-order valence-corrected chi connectivity index (χ2v) is 9.99. The lowest BCUT2D eigenvalue weighted by molar-refractivity contribution is -0.106. The van der Waals surface area contributed by atoms with E-state index in [1.807, 2.05) is 42.5 Å². The van der Waals surface area contributed by atoms with Gasteiger partial charge in [0.1, 0.15) is 17.1 Å². The van der Waals surface area contributed by atoms with Gasteiger partial charge in [-0.1, -0.05) is 58.4 Å². The minimum absolute atomic E-state index is 0.00279. The van der Waals surface area contributed by atoms with E-state index in [1.54, 1.807) is 19.5 Å². The molecular weight excluding hydrogens is 480 g/mol. The minimum atomic E-state index is -1.20. The number of pyridine rings is 1. The standard InChI is InChI=1S/C23H20BrNO3.C4H9N/c1-27-19-13-25-14-20-21(19)22(26)12-11-18(15-5-3-2-4-6-15)23(22,28-20)16-7-9-17(24)10-8-16;1-5-3-2-4-5/h2-10,13-14,18,26H,11-12H2,1H3;2-4H2,1H3/t18?,22-,23+;/m1./s1. The van der Waals surface area contributed by atoms with Crippen LogP contribution in [0.2, 0.25) is 0 Å². The molecule has 0 bridgehead atoms. The van der Waals surface area contributed by atoms with E-state index in [0.717, 1.165) is 22.0 Å². The first-order valence-electron chi connectivity index (χ1n) is 11.4. The van der Waals surface area contributed by atoms with Crippen LogP contribution in [0.3, 0.4) is 0 Å². The van der Waals surface area contributed by atoms with E-state index in [1.165, 1.54) is 19.5 Å². The Morgan fingerprint density at radius 1 is 1.09 bits per heavy atom. The molecule has 2 fully saturated rings. The lowest BCUT2D eigenvalue weighted by Crippen LogP contribution is -2.48. The minimum Gasteiger partial charge on any atom is -0.495 e. The van der Waals surface area contributed by atoms with Gasteiger partial charge < -0.3 is 19.5 Å². The summed E-state index contributed by atoms with van der Waals surface area (Å²) in [6.07, 6.45) is 6.12. The maximum atomic E-state index is 12.2. The highest BCUT2D eigenvalue weighted by molar-refractivity contribution is 9.10. The van der Waals surface area contributed by atoms with Crippen molar-refractivity contribution in [1.29, 1.82) is 0 Å². The van der Waals surface area contributed by atoms with Crippen molar-refractivity contribution in [2.45, 2.75) is 36.4 Å². The molecule has 172 valence electrons. The van der Waals surface area contributed by atoms with E-state index in [2.05, 4.69) is 45.0 Å². The molecule has 1 unspecified atom stereocenters. The summed E-state index contributed by atoms with van der Waals surface area (Å²) in [7, 11) is 3.74. The fourth-order valence-corrected chi connectivity index (χ4v) is 5.75. The van der Waals surface area contributed by atoms with Crippen LogP contribution >= 0.6 is 15.9 Å². The van der Waals surface area contributed by atoms with Crippen LogP contribution in [-0.4, -0.2) is 42.2 Å². The van der Waals surface area contributed by atoms with Crippen molar-refractivity contribution in [3.63, 3.8) is 0 Å². The summed E-state index contributed by atoms with van der Waals surface area (Å²) in [6.45, 7) is 2.64. The van der Waals surface area contributed by atoms with E-state index >= 15 is 0 Å². The van der Waals surface area contributed by atoms with Gasteiger partial charge in [0, 0.05) is 10.4 Å². The van der Waals surface area contributed by atoms with Crippen LogP contribution in [0.25, 0.3) is 0 Å². The third-order valence-electron chi connectivity index (χ3n) is 7.24. The SMILES string of the molecule is CN1CCC1.COc1cncc2c1[C@]1(O)CCC(c3ccccc3)[C@]1(c1ccc(Br)cc1)O2. The molecule has 1 saturated heterocycles. The van der Waals surface area contributed by atoms with Gasteiger partial charge in [0.05, 0.1) is 25.1 Å². The zero-order valence-corrected chi connectivity index (χ0v) is 20.6. The summed E-state index contributed by atoms with van der Waals surface area (Å²) < 4.78 is 13.2. The lowest BCUT2D eigenvalue weighted by Gasteiger charge is -2.40. The van der Waals surface area contributed by atoms with Crippen LogP contribution in [0.5, 0.6) is 11.5 Å². The number of benzene rings is 2. The highest BCUT2D eigenvalue weighted by Crippen LogP contribution is 2.67. The second-order valence-electron chi connectivity index (χ2n) is 9.08. The number of ether oxygens (including phenoxy) is 2. The molecule has 3 aromatic rings. The number of likely N-dealkylation sites (tertiary alicyclic amines) is 1. The number of fused-ring (bicyclic) bond motifs is 3. The van der Waals surface area contributed by atoms with Gasteiger partial charge >= 0.3 is 0 Å². The number of methoxy groups -OCH3 is 1. The Balaban J connectivity index is 0.000000406. The van der Waals surface area contributed by atoms with Gasteiger partial charge in [-0.2, -0.15) is 0 Å². The van der Waals surface area contributed by atoms with Crippen LogP contribution in [-0.2, 0) is 11.2 Å². The molecule has 3 heterocycles. The Hall–Kier alpha value is -2.41. The predicted molar refractivity (Wildman–Crippen MR) is 132 cm³/mol. The lowest BCUT2D eigenvalue weighted by atomic mass is 9.72. The first-order valence-corrected chi connectivity index (χ1v) is 12.2. The van der Waals surface area contributed by atoms with E-state index in [9.17, 15) is 5.11 Å². The number of hydrogen-bond acceptors (Lipinski definition) is 5. The van der Waals surface area contributed by atoms with Gasteiger partial charge in [-0.15, -0.1) is 0 Å². The number of aromatic nitrogens is 1. The monoisotopic (exact) mass is 508 g/mol. The van der Waals surface area contributed by atoms with E-state index in [-0.39, 0.29) is 5.92 Å². The molecule has 6 rings (SSSR count). The quantitative estimate of drug-likeness (QED) is 0.524. The van der Waals surface area contributed by atoms with Crippen molar-refractivity contribution in [2.75, 3.05) is 27.2 Å². The topological polar surface area (TPSA) is 54.8 Å². The largest absolute Gasteiger partial charge is 0.495 e. The molecule has 3 aliphatic rings. The van der Waals surface area contributed by atoms with Gasteiger partial charge in [0.25, 0.3) is 0 Å². The van der Waals surface area contributed by atoms with Crippen LogP contribution < -0.4 is 9.47 Å². The number of aliphatic hydroxyl groups is 1. The van der Waals surface area contributed by atoms with Gasteiger partial charge in [-0.3, -0.25) is 4.98 Å². The summed E-state index contributed by atoms with van der Waals surface area (Å²) in [5.74, 6) is 1.15. The molecule has 2 aromatic carbocycles. The fraction of sp³-hybridized carbons (Fsp3) is 0.370. The molecule has 1 aliphatic carbocycles. The average Bonchev–Trinajstić information content (AvgIpc) is 3.26. The number of halogens is 1. The Kier molecular flexibility index (Phi) is 5.93. The Labute approximate surface area is 203 Å². The molecule has 3 atom stereocenters. The molecule has 6 heteroatoms. The second kappa shape index (κ2) is 8.75. The van der Waals surface area contributed by atoms with Crippen molar-refractivity contribution >= 4 is 15.9 Å². The maximum absolute atomic E-state index is 12.2. The van der Waals surface area contributed by atoms with Crippen molar-refractivity contribution in [3.8, 4) is 11.5 Å². The van der Waals surface area contributed by atoms with Crippen molar-refractivity contribution in [1.82, 2.24) is 9.88 Å². The highest BCUT2D eigenvalue weighted by Gasteiger charge is 2.69. The zero-order valence-electron chi connectivity index (χ0n) is 19.0. The van der Waals surface area contributed by atoms with Crippen molar-refractivity contribution < 1.29 is 14.6 Å². The third kappa shape index (κ3) is 3.56. The van der Waals surface area contributed by atoms with Crippen LogP contribution in [0.1, 0.15) is 41.9 Å². The van der Waals surface area contributed by atoms with Crippen molar-refractivity contribution in [3.05, 3.63) is 88.2 Å². The first kappa shape index (κ1) is 22.4. The van der Waals surface area contributed by atoms with Gasteiger partial charge in [-0.25, -0.2) is 0 Å². The molecule has 1 N–H and O–H groups in total. The zero-order chi connectivity index (χ0) is 23.1. The Morgan fingerprint density at radius 2 is 1.79 bits per heavy atom. The number of hydrogen-bond donors (Lipinski definition) is 1. The number of rotatable bonds is 3. The molecule has 1 aromatic heterocycles. The highest BCUT2D eigenvalue weighted by atomic mass is 79.9. The summed E-state index contributed by atoms with van der Waals surface area (Å²) >= 11 is 3.52. The molecule has 2 aliphatic heterocycles. The average molecular weight is 509 g/mol. The smallest absolute Gasteiger partial charge is 0.174 e. The van der Waals surface area contributed by atoms with E-state index in [0.29, 0.717) is 23.5 Å². The van der Waals surface area contributed by atoms with E-state index < -0.39 is 11.2 Å². The molecule has 0 spiro atoms. The Morgan fingerprint density at radius 3 is 2.39 bits per heavy atom. The summed E-state index contributed by atoms with van der Waals surface area (Å²) in [5, 5.41) is 12.2. The van der Waals surface area contributed by atoms with Crippen LogP contribution in [0, 0.1) is 0 Å². The van der Waals surface area contributed by atoms with Gasteiger partial charge in [0.2, 0.25) is 0 Å². The van der Waals surface area contributed by atoms with Crippen LogP contribution in [0.15, 0.2) is 71.5 Å². The van der Waals surface area contributed by atoms with Crippen LogP contribution in [0.4, 0.5) is 0 Å². The first-order chi connectivity index (χ1) is 16.0. The van der Waals surface area contributed by atoms with Gasteiger partial charge in [0.15, 0.2) is 5.60 Å². The maximum Gasteiger partial charge on any atom is 0.174 e. The fourth-order valence-electron chi connectivity index (χ4n) is 5.49. The normalized spacial score (nSPS) is 27.5. The summed E-state index contributed by atoms with van der Waals surface area (Å²) in [4.78, 5) is 6.56. The summed E-state index contributed by atoms with van der Waals surface area (Å²) in [6, 6.07) is 18.3. The molecule has 33 heavy (non-hydrogen) atoms. The predicted octanol–water partition coefficient (Wildman–Crippen LogP) is 5.23. The molecule has 0 amide bonds. The Bertz CT molecular complexity index is 1120. The van der Waals surface area contributed by atoms with Gasteiger partial charge in [-0.05, 0) is 62.7 Å². The van der Waals surface area contributed by atoms with E-state index in [4.69, 9.17) is 9.47 Å².